The lowest BCUT2D eigenvalue weighted by molar-refractivity contribution is 0.594. The molecule has 110 valence electrons. The van der Waals surface area contributed by atoms with Gasteiger partial charge in [0.1, 0.15) is 0 Å². The zero-order chi connectivity index (χ0) is 15.6. The molecule has 0 bridgehead atoms. The van der Waals surface area contributed by atoms with E-state index in [-0.39, 0.29) is 4.90 Å². The van der Waals surface area contributed by atoms with E-state index in [9.17, 15) is 8.42 Å². The van der Waals surface area contributed by atoms with E-state index in [1.165, 1.54) is 4.31 Å². The predicted molar refractivity (Wildman–Crippen MR) is 87.6 cm³/mol. The van der Waals surface area contributed by atoms with Gasteiger partial charge in [-0.05, 0) is 32.0 Å². The molecular weight excluding hydrogens is 352 g/mol. The van der Waals surface area contributed by atoms with Crippen LogP contribution < -0.4 is 4.31 Å². The summed E-state index contributed by atoms with van der Waals surface area (Å²) in [6.45, 7) is 7.24. The maximum absolute atomic E-state index is 12.8. The smallest absolute Gasteiger partial charge is 0.238 e. The van der Waals surface area contributed by atoms with Crippen molar-refractivity contribution in [3.05, 3.63) is 64.9 Å². The number of sulfonamides is 1. The number of pyridine rings is 1. The fraction of sp³-hybridized carbons (Fsp3) is 0.133. The van der Waals surface area contributed by atoms with Crippen LogP contribution >= 0.6 is 15.9 Å². The van der Waals surface area contributed by atoms with Crippen molar-refractivity contribution in [3.63, 3.8) is 0 Å². The number of nitrogens with zero attached hydrogens (tertiary/aromatic N) is 2. The number of benzene rings is 1. The summed E-state index contributed by atoms with van der Waals surface area (Å²) in [5.74, 6) is 0.348. The minimum Gasteiger partial charge on any atom is -0.238 e. The van der Waals surface area contributed by atoms with Crippen molar-refractivity contribution in [2.24, 2.45) is 0 Å². The van der Waals surface area contributed by atoms with E-state index < -0.39 is 10.0 Å². The van der Waals surface area contributed by atoms with E-state index in [1.54, 1.807) is 49.5 Å². The lowest BCUT2D eigenvalue weighted by Crippen LogP contribution is -2.30. The molecule has 0 aliphatic rings. The van der Waals surface area contributed by atoms with Gasteiger partial charge in [0.2, 0.25) is 0 Å². The standard InChI is InChI=1S/C15H15BrN2O2S/c1-11(2)18(15-12(3)14(16)9-10-17-15)21(19,20)13-7-5-4-6-8-13/h4-10H,1H2,2-3H3. The monoisotopic (exact) mass is 366 g/mol. The van der Waals surface area contributed by atoms with Crippen LogP contribution in [-0.4, -0.2) is 13.4 Å². The molecule has 0 saturated carbocycles. The summed E-state index contributed by atoms with van der Waals surface area (Å²) in [5, 5.41) is 0. The highest BCUT2D eigenvalue weighted by Crippen LogP contribution is 2.31. The van der Waals surface area contributed by atoms with Gasteiger partial charge in [0.25, 0.3) is 10.0 Å². The van der Waals surface area contributed by atoms with Crippen molar-refractivity contribution >= 4 is 31.8 Å². The number of rotatable bonds is 4. The summed E-state index contributed by atoms with van der Waals surface area (Å²) in [4.78, 5) is 4.41. The molecule has 0 aliphatic carbocycles. The molecule has 21 heavy (non-hydrogen) atoms. The molecule has 0 aliphatic heterocycles. The Labute approximate surface area is 133 Å². The second kappa shape index (κ2) is 5.99. The highest BCUT2D eigenvalue weighted by atomic mass is 79.9. The normalized spacial score (nSPS) is 11.2. The first-order valence-electron chi connectivity index (χ1n) is 6.22. The Bertz CT molecular complexity index is 774. The Hall–Kier alpha value is -1.66. The zero-order valence-corrected chi connectivity index (χ0v) is 14.1. The van der Waals surface area contributed by atoms with Gasteiger partial charge in [-0.15, -0.1) is 0 Å². The number of halogens is 1. The molecule has 1 heterocycles. The van der Waals surface area contributed by atoms with E-state index in [0.29, 0.717) is 11.5 Å². The van der Waals surface area contributed by atoms with Gasteiger partial charge in [-0.2, -0.15) is 0 Å². The van der Waals surface area contributed by atoms with Crippen molar-refractivity contribution < 1.29 is 8.42 Å². The summed E-state index contributed by atoms with van der Waals surface area (Å²) in [6, 6.07) is 10.0. The zero-order valence-electron chi connectivity index (χ0n) is 11.7. The number of aromatic nitrogens is 1. The lowest BCUT2D eigenvalue weighted by Gasteiger charge is -2.25. The fourth-order valence-corrected chi connectivity index (χ4v) is 3.73. The summed E-state index contributed by atoms with van der Waals surface area (Å²) in [5.41, 5.74) is 1.12. The van der Waals surface area contributed by atoms with E-state index in [0.717, 1.165) is 10.0 Å². The third-order valence-electron chi connectivity index (χ3n) is 2.93. The number of anilines is 1. The fourth-order valence-electron chi connectivity index (χ4n) is 1.90. The Morgan fingerprint density at radius 2 is 1.86 bits per heavy atom. The van der Waals surface area contributed by atoms with Gasteiger partial charge in [0.15, 0.2) is 5.82 Å². The van der Waals surface area contributed by atoms with E-state index in [2.05, 4.69) is 27.5 Å². The number of hydrogen-bond donors (Lipinski definition) is 0. The quantitative estimate of drug-likeness (QED) is 0.824. The Morgan fingerprint density at radius 3 is 2.43 bits per heavy atom. The first kappa shape index (κ1) is 15.7. The Balaban J connectivity index is 2.65. The Kier molecular flexibility index (Phi) is 4.49. The van der Waals surface area contributed by atoms with Gasteiger partial charge >= 0.3 is 0 Å². The topological polar surface area (TPSA) is 50.3 Å². The van der Waals surface area contributed by atoms with Crippen LogP contribution in [0.2, 0.25) is 0 Å². The van der Waals surface area contributed by atoms with Crippen molar-refractivity contribution in [1.82, 2.24) is 4.98 Å². The molecule has 2 rings (SSSR count). The predicted octanol–water partition coefficient (Wildman–Crippen LogP) is 3.88. The van der Waals surface area contributed by atoms with Crippen LogP contribution in [0.15, 0.2) is 64.2 Å². The number of allylic oxidation sites excluding steroid dienone is 1. The molecule has 4 nitrogen and oxygen atoms in total. The van der Waals surface area contributed by atoms with Crippen molar-refractivity contribution in [3.8, 4) is 0 Å². The van der Waals surface area contributed by atoms with E-state index in [4.69, 9.17) is 0 Å². The summed E-state index contributed by atoms with van der Waals surface area (Å²) >= 11 is 3.40. The molecule has 6 heteroatoms. The lowest BCUT2D eigenvalue weighted by atomic mass is 10.3. The first-order chi connectivity index (χ1) is 9.85. The largest absolute Gasteiger partial charge is 0.269 e. The Morgan fingerprint density at radius 1 is 1.24 bits per heavy atom. The van der Waals surface area contributed by atoms with Gasteiger partial charge in [-0.25, -0.2) is 17.7 Å². The maximum Gasteiger partial charge on any atom is 0.269 e. The average molecular weight is 367 g/mol. The highest BCUT2D eigenvalue weighted by molar-refractivity contribution is 9.10. The molecule has 1 aromatic heterocycles. The third kappa shape index (κ3) is 3.01. The molecular formula is C15H15BrN2O2S. The van der Waals surface area contributed by atoms with Crippen LogP contribution in [0.25, 0.3) is 0 Å². The maximum atomic E-state index is 12.8. The molecule has 0 saturated heterocycles. The van der Waals surface area contributed by atoms with Gasteiger partial charge in [0, 0.05) is 21.9 Å². The second-order valence-corrected chi connectivity index (χ2v) is 7.20. The van der Waals surface area contributed by atoms with Gasteiger partial charge in [-0.3, -0.25) is 0 Å². The first-order valence-corrected chi connectivity index (χ1v) is 8.46. The highest BCUT2D eigenvalue weighted by Gasteiger charge is 2.28. The van der Waals surface area contributed by atoms with Crippen molar-refractivity contribution in [2.45, 2.75) is 18.7 Å². The molecule has 1 aromatic carbocycles. The van der Waals surface area contributed by atoms with Crippen LogP contribution in [0.4, 0.5) is 5.82 Å². The summed E-state index contributed by atoms with van der Waals surface area (Å²) < 4.78 is 27.7. The van der Waals surface area contributed by atoms with Gasteiger partial charge in [-0.1, -0.05) is 40.7 Å². The van der Waals surface area contributed by atoms with Crippen LogP contribution in [0.1, 0.15) is 12.5 Å². The van der Waals surface area contributed by atoms with Crippen LogP contribution in [-0.2, 0) is 10.0 Å². The summed E-state index contributed by atoms with van der Waals surface area (Å²) in [7, 11) is -3.74. The SMILES string of the molecule is C=C(C)N(c1nccc(Br)c1C)S(=O)(=O)c1ccccc1. The number of hydrogen-bond acceptors (Lipinski definition) is 3. The third-order valence-corrected chi connectivity index (χ3v) is 5.62. The van der Waals surface area contributed by atoms with Gasteiger partial charge in [0.05, 0.1) is 4.90 Å². The summed E-state index contributed by atoms with van der Waals surface area (Å²) in [6.07, 6.45) is 1.56. The van der Waals surface area contributed by atoms with Crippen molar-refractivity contribution in [1.29, 1.82) is 0 Å². The molecule has 0 N–H and O–H groups in total. The minimum absolute atomic E-state index is 0.203. The molecule has 0 radical (unpaired) electrons. The second-order valence-electron chi connectivity index (χ2n) is 4.56. The minimum atomic E-state index is -3.74. The molecule has 0 amide bonds. The van der Waals surface area contributed by atoms with Crippen LogP contribution in [0.5, 0.6) is 0 Å². The van der Waals surface area contributed by atoms with E-state index >= 15 is 0 Å². The molecule has 2 aromatic rings. The molecule has 0 unspecified atom stereocenters. The molecule has 0 spiro atoms. The van der Waals surface area contributed by atoms with Crippen molar-refractivity contribution in [2.75, 3.05) is 4.31 Å². The van der Waals surface area contributed by atoms with E-state index in [1.807, 2.05) is 6.92 Å². The van der Waals surface area contributed by atoms with Gasteiger partial charge < -0.3 is 0 Å². The van der Waals surface area contributed by atoms with Crippen LogP contribution in [0.3, 0.4) is 0 Å². The molecule has 0 fully saturated rings. The average Bonchev–Trinajstić information content (AvgIpc) is 2.44. The molecule has 0 atom stereocenters. The van der Waals surface area contributed by atoms with Crippen LogP contribution in [0, 0.1) is 6.92 Å².